The second-order valence-corrected chi connectivity index (χ2v) is 5.96. The maximum absolute atomic E-state index is 11.9. The highest BCUT2D eigenvalue weighted by molar-refractivity contribution is 5.76. The summed E-state index contributed by atoms with van der Waals surface area (Å²) >= 11 is 0. The van der Waals surface area contributed by atoms with Gasteiger partial charge in [-0.15, -0.1) is 0 Å². The number of hydrogen-bond donors (Lipinski definition) is 1. The van der Waals surface area contributed by atoms with Crippen molar-refractivity contribution in [1.29, 1.82) is 0 Å². The standard InChI is InChI=1S/C15H27NO3/c1-3-18-15(17)14(16-12-6-7-12)10-19-13-8-4-11(2)5-9-13/h11-14,16H,3-10H2,1-2H3. The molecule has 2 saturated carbocycles. The molecular weight excluding hydrogens is 242 g/mol. The summed E-state index contributed by atoms with van der Waals surface area (Å²) in [6, 6.07) is 0.205. The molecule has 0 heterocycles. The molecule has 1 unspecified atom stereocenters. The fourth-order valence-corrected chi connectivity index (χ4v) is 2.59. The summed E-state index contributed by atoms with van der Waals surface area (Å²) in [5.41, 5.74) is 0. The topological polar surface area (TPSA) is 47.6 Å². The van der Waals surface area contributed by atoms with Gasteiger partial charge in [0.25, 0.3) is 0 Å². The molecule has 0 bridgehead atoms. The predicted octanol–water partition coefficient (Wildman–Crippen LogP) is 2.27. The van der Waals surface area contributed by atoms with Crippen molar-refractivity contribution in [3.05, 3.63) is 0 Å². The molecule has 0 amide bonds. The Morgan fingerprint density at radius 3 is 2.47 bits per heavy atom. The Bertz CT molecular complexity index is 283. The molecule has 4 heteroatoms. The third-order valence-corrected chi connectivity index (χ3v) is 4.05. The number of rotatable bonds is 7. The van der Waals surface area contributed by atoms with E-state index in [2.05, 4.69) is 12.2 Å². The van der Waals surface area contributed by atoms with Crippen molar-refractivity contribution >= 4 is 5.97 Å². The monoisotopic (exact) mass is 269 g/mol. The van der Waals surface area contributed by atoms with Crippen LogP contribution < -0.4 is 5.32 Å². The number of esters is 1. The highest BCUT2D eigenvalue weighted by Gasteiger charge is 2.30. The number of nitrogens with one attached hydrogen (secondary N) is 1. The lowest BCUT2D eigenvalue weighted by Crippen LogP contribution is -2.44. The van der Waals surface area contributed by atoms with E-state index in [9.17, 15) is 4.79 Å². The van der Waals surface area contributed by atoms with Gasteiger partial charge in [0.1, 0.15) is 6.04 Å². The maximum atomic E-state index is 11.9. The van der Waals surface area contributed by atoms with Crippen LogP contribution in [0, 0.1) is 5.92 Å². The van der Waals surface area contributed by atoms with Gasteiger partial charge >= 0.3 is 5.97 Å². The summed E-state index contributed by atoms with van der Waals surface area (Å²) in [4.78, 5) is 11.9. The number of carbonyl (C=O) groups is 1. The van der Waals surface area contributed by atoms with Crippen molar-refractivity contribution in [2.75, 3.05) is 13.2 Å². The summed E-state index contributed by atoms with van der Waals surface area (Å²) in [5, 5.41) is 3.32. The first kappa shape index (κ1) is 14.8. The van der Waals surface area contributed by atoms with Crippen LogP contribution >= 0.6 is 0 Å². The van der Waals surface area contributed by atoms with Gasteiger partial charge in [-0.05, 0) is 51.4 Å². The van der Waals surface area contributed by atoms with Crippen molar-refractivity contribution in [3.8, 4) is 0 Å². The molecule has 4 nitrogen and oxygen atoms in total. The number of ether oxygens (including phenoxy) is 2. The zero-order valence-corrected chi connectivity index (χ0v) is 12.2. The third kappa shape index (κ3) is 5.11. The largest absolute Gasteiger partial charge is 0.465 e. The minimum atomic E-state index is -0.285. The smallest absolute Gasteiger partial charge is 0.325 e. The first-order chi connectivity index (χ1) is 9.19. The van der Waals surface area contributed by atoms with Crippen LogP contribution in [0.25, 0.3) is 0 Å². The van der Waals surface area contributed by atoms with Gasteiger partial charge in [0.2, 0.25) is 0 Å². The molecule has 0 aromatic carbocycles. The van der Waals surface area contributed by atoms with E-state index in [1.54, 1.807) is 0 Å². The summed E-state index contributed by atoms with van der Waals surface area (Å²) < 4.78 is 11.0. The highest BCUT2D eigenvalue weighted by Crippen LogP contribution is 2.26. The molecule has 0 aromatic rings. The lowest BCUT2D eigenvalue weighted by molar-refractivity contribution is -0.148. The van der Waals surface area contributed by atoms with Crippen LogP contribution in [-0.4, -0.2) is 37.4 Å². The van der Waals surface area contributed by atoms with E-state index in [1.807, 2.05) is 6.92 Å². The summed E-state index contributed by atoms with van der Waals surface area (Å²) in [6.45, 7) is 5.03. The lowest BCUT2D eigenvalue weighted by atomic mass is 9.89. The highest BCUT2D eigenvalue weighted by atomic mass is 16.5. The molecule has 110 valence electrons. The maximum Gasteiger partial charge on any atom is 0.325 e. The molecule has 1 N–H and O–H groups in total. The van der Waals surface area contributed by atoms with Crippen LogP contribution in [0.5, 0.6) is 0 Å². The van der Waals surface area contributed by atoms with E-state index in [-0.39, 0.29) is 12.0 Å². The van der Waals surface area contributed by atoms with Gasteiger partial charge in [-0.1, -0.05) is 6.92 Å². The van der Waals surface area contributed by atoms with E-state index in [0.29, 0.717) is 25.4 Å². The molecule has 2 aliphatic rings. The normalized spacial score (nSPS) is 28.9. The van der Waals surface area contributed by atoms with Gasteiger partial charge in [0.15, 0.2) is 0 Å². The Balaban J connectivity index is 1.73. The quantitative estimate of drug-likeness (QED) is 0.720. The molecule has 0 radical (unpaired) electrons. The molecule has 19 heavy (non-hydrogen) atoms. The molecule has 0 aliphatic heterocycles. The Morgan fingerprint density at radius 2 is 1.89 bits per heavy atom. The van der Waals surface area contributed by atoms with Crippen LogP contribution in [0.3, 0.4) is 0 Å². The minimum Gasteiger partial charge on any atom is -0.465 e. The van der Waals surface area contributed by atoms with Crippen molar-refractivity contribution in [1.82, 2.24) is 5.32 Å². The van der Waals surface area contributed by atoms with Crippen molar-refractivity contribution in [2.24, 2.45) is 5.92 Å². The second-order valence-electron chi connectivity index (χ2n) is 5.96. The third-order valence-electron chi connectivity index (χ3n) is 4.05. The van der Waals surface area contributed by atoms with Gasteiger partial charge in [0, 0.05) is 6.04 Å². The van der Waals surface area contributed by atoms with Gasteiger partial charge in [-0.2, -0.15) is 0 Å². The van der Waals surface area contributed by atoms with Crippen LogP contribution in [-0.2, 0) is 14.3 Å². The van der Waals surface area contributed by atoms with Crippen LogP contribution in [0.4, 0.5) is 0 Å². The van der Waals surface area contributed by atoms with E-state index in [1.165, 1.54) is 12.8 Å². The molecule has 2 aliphatic carbocycles. The zero-order valence-electron chi connectivity index (χ0n) is 12.2. The summed E-state index contributed by atoms with van der Waals surface area (Å²) in [7, 11) is 0. The molecular formula is C15H27NO3. The summed E-state index contributed by atoms with van der Waals surface area (Å²) in [6.07, 6.45) is 7.39. The fraction of sp³-hybridized carbons (Fsp3) is 0.933. The predicted molar refractivity (Wildman–Crippen MR) is 74.0 cm³/mol. The van der Waals surface area contributed by atoms with Crippen LogP contribution in [0.2, 0.25) is 0 Å². The van der Waals surface area contributed by atoms with Gasteiger partial charge in [0.05, 0.1) is 19.3 Å². The van der Waals surface area contributed by atoms with E-state index >= 15 is 0 Å². The average molecular weight is 269 g/mol. The second kappa shape index (κ2) is 7.25. The average Bonchev–Trinajstić information content (AvgIpc) is 3.20. The van der Waals surface area contributed by atoms with Gasteiger partial charge in [-0.25, -0.2) is 0 Å². The van der Waals surface area contributed by atoms with Crippen molar-refractivity contribution < 1.29 is 14.3 Å². The molecule has 0 spiro atoms. The molecule has 0 aromatic heterocycles. The van der Waals surface area contributed by atoms with E-state index < -0.39 is 0 Å². The van der Waals surface area contributed by atoms with Crippen molar-refractivity contribution in [3.63, 3.8) is 0 Å². The molecule has 1 atom stereocenters. The van der Waals surface area contributed by atoms with E-state index in [0.717, 1.165) is 31.6 Å². The van der Waals surface area contributed by atoms with Gasteiger partial charge in [-0.3, -0.25) is 10.1 Å². The Hall–Kier alpha value is -0.610. The van der Waals surface area contributed by atoms with Crippen LogP contribution in [0.1, 0.15) is 52.4 Å². The molecule has 0 saturated heterocycles. The number of carbonyl (C=O) groups excluding carboxylic acids is 1. The number of hydrogen-bond acceptors (Lipinski definition) is 4. The lowest BCUT2D eigenvalue weighted by Gasteiger charge is -2.27. The van der Waals surface area contributed by atoms with Gasteiger partial charge < -0.3 is 9.47 Å². The SMILES string of the molecule is CCOC(=O)C(COC1CCC(C)CC1)NC1CC1. The zero-order chi connectivity index (χ0) is 13.7. The van der Waals surface area contributed by atoms with Crippen LogP contribution in [0.15, 0.2) is 0 Å². The summed E-state index contributed by atoms with van der Waals surface area (Å²) in [5.74, 6) is 0.656. The first-order valence-corrected chi connectivity index (χ1v) is 7.73. The Kier molecular flexibility index (Phi) is 5.64. The first-order valence-electron chi connectivity index (χ1n) is 7.73. The minimum absolute atomic E-state index is 0.168. The molecule has 2 fully saturated rings. The molecule has 2 rings (SSSR count). The fourth-order valence-electron chi connectivity index (χ4n) is 2.59. The Labute approximate surface area is 116 Å². The van der Waals surface area contributed by atoms with Crippen molar-refractivity contribution in [2.45, 2.75) is 70.6 Å². The Morgan fingerprint density at radius 1 is 1.21 bits per heavy atom. The van der Waals surface area contributed by atoms with E-state index in [4.69, 9.17) is 9.47 Å².